The van der Waals surface area contributed by atoms with E-state index in [1.54, 1.807) is 0 Å². The summed E-state index contributed by atoms with van der Waals surface area (Å²) in [6.07, 6.45) is 5.68. The molecule has 2 atom stereocenters. The van der Waals surface area contributed by atoms with Gasteiger partial charge >= 0.3 is 0 Å². The van der Waals surface area contributed by atoms with Crippen LogP contribution in [-0.2, 0) is 16.1 Å². The molecule has 0 aliphatic heterocycles. The van der Waals surface area contributed by atoms with Gasteiger partial charge in [-0.1, -0.05) is 50.6 Å². The maximum Gasteiger partial charge on any atom is 0.123 e. The summed E-state index contributed by atoms with van der Waals surface area (Å²) in [5.74, 6) is 0.817. The van der Waals surface area contributed by atoms with Gasteiger partial charge in [0.2, 0.25) is 0 Å². The van der Waals surface area contributed by atoms with Crippen molar-refractivity contribution in [2.75, 3.05) is 6.61 Å². The maximum atomic E-state index is 11.2. The SMILES string of the molecule is CC1(C)C(C=O)CCCC1CCOCc1ccccc1. The molecule has 0 radical (unpaired) electrons. The first-order valence-electron chi connectivity index (χ1n) is 7.71. The van der Waals surface area contributed by atoms with E-state index in [1.807, 2.05) is 18.2 Å². The Balaban J connectivity index is 1.77. The molecule has 0 saturated heterocycles. The lowest BCUT2D eigenvalue weighted by atomic mass is 9.62. The van der Waals surface area contributed by atoms with Crippen molar-refractivity contribution in [1.82, 2.24) is 0 Å². The molecular weight excluding hydrogens is 248 g/mol. The standard InChI is InChI=1S/C18H26O2/c1-18(2)16(9-6-10-17(18)13-19)11-12-20-14-15-7-4-3-5-8-15/h3-5,7-8,13,16-17H,6,9-12,14H2,1-2H3. The molecule has 0 aromatic heterocycles. The van der Waals surface area contributed by atoms with Gasteiger partial charge in [0.15, 0.2) is 0 Å². The summed E-state index contributed by atoms with van der Waals surface area (Å²) in [6.45, 7) is 5.96. The van der Waals surface area contributed by atoms with E-state index in [-0.39, 0.29) is 11.3 Å². The monoisotopic (exact) mass is 274 g/mol. The predicted octanol–water partition coefficient (Wildman–Crippen LogP) is 4.23. The van der Waals surface area contributed by atoms with Gasteiger partial charge < -0.3 is 9.53 Å². The van der Waals surface area contributed by atoms with Gasteiger partial charge in [0.25, 0.3) is 0 Å². The van der Waals surface area contributed by atoms with E-state index in [0.717, 1.165) is 25.7 Å². The van der Waals surface area contributed by atoms with E-state index in [0.29, 0.717) is 12.5 Å². The third-order valence-electron chi connectivity index (χ3n) is 4.96. The molecule has 1 aliphatic carbocycles. The normalized spacial score (nSPS) is 25.3. The molecule has 20 heavy (non-hydrogen) atoms. The summed E-state index contributed by atoms with van der Waals surface area (Å²) in [6, 6.07) is 10.3. The molecule has 0 spiro atoms. The lowest BCUT2D eigenvalue weighted by molar-refractivity contribution is -0.118. The number of ether oxygens (including phenoxy) is 1. The topological polar surface area (TPSA) is 26.3 Å². The van der Waals surface area contributed by atoms with Gasteiger partial charge in [-0.15, -0.1) is 0 Å². The van der Waals surface area contributed by atoms with Crippen LogP contribution >= 0.6 is 0 Å². The molecule has 110 valence electrons. The van der Waals surface area contributed by atoms with Crippen LogP contribution in [0.25, 0.3) is 0 Å². The minimum atomic E-state index is 0.121. The van der Waals surface area contributed by atoms with Gasteiger partial charge in [0, 0.05) is 12.5 Å². The minimum absolute atomic E-state index is 0.121. The highest BCUT2D eigenvalue weighted by Crippen LogP contribution is 2.45. The smallest absolute Gasteiger partial charge is 0.123 e. The Labute approximate surface area is 122 Å². The van der Waals surface area contributed by atoms with Crippen molar-refractivity contribution < 1.29 is 9.53 Å². The van der Waals surface area contributed by atoms with E-state index in [2.05, 4.69) is 26.0 Å². The molecule has 1 aromatic carbocycles. The molecule has 0 N–H and O–H groups in total. The molecule has 0 amide bonds. The number of benzene rings is 1. The zero-order valence-corrected chi connectivity index (χ0v) is 12.7. The molecule has 2 rings (SSSR count). The van der Waals surface area contributed by atoms with Gasteiger partial charge in [0.1, 0.15) is 6.29 Å². The van der Waals surface area contributed by atoms with Crippen molar-refractivity contribution in [2.24, 2.45) is 17.3 Å². The average molecular weight is 274 g/mol. The van der Waals surface area contributed by atoms with Crippen LogP contribution in [0.5, 0.6) is 0 Å². The fraction of sp³-hybridized carbons (Fsp3) is 0.611. The highest BCUT2D eigenvalue weighted by molar-refractivity contribution is 5.55. The first-order valence-corrected chi connectivity index (χ1v) is 7.71. The van der Waals surface area contributed by atoms with Crippen molar-refractivity contribution in [3.05, 3.63) is 35.9 Å². The van der Waals surface area contributed by atoms with Crippen LogP contribution in [0.15, 0.2) is 30.3 Å². The van der Waals surface area contributed by atoms with E-state index in [4.69, 9.17) is 4.74 Å². The van der Waals surface area contributed by atoms with E-state index >= 15 is 0 Å². The lowest BCUT2D eigenvalue weighted by Crippen LogP contribution is -2.37. The number of carbonyl (C=O) groups excluding carboxylic acids is 1. The zero-order valence-electron chi connectivity index (χ0n) is 12.7. The highest BCUT2D eigenvalue weighted by Gasteiger charge is 2.39. The summed E-state index contributed by atoms with van der Waals surface area (Å²) in [7, 11) is 0. The Morgan fingerprint density at radius 2 is 2.00 bits per heavy atom. The third-order valence-corrected chi connectivity index (χ3v) is 4.96. The first kappa shape index (κ1) is 15.2. The molecule has 2 unspecified atom stereocenters. The van der Waals surface area contributed by atoms with Crippen molar-refractivity contribution in [1.29, 1.82) is 0 Å². The minimum Gasteiger partial charge on any atom is -0.377 e. The second kappa shape index (κ2) is 7.03. The molecule has 1 aliphatic rings. The van der Waals surface area contributed by atoms with Crippen molar-refractivity contribution in [3.63, 3.8) is 0 Å². The fourth-order valence-corrected chi connectivity index (χ4v) is 3.38. The van der Waals surface area contributed by atoms with E-state index < -0.39 is 0 Å². The van der Waals surface area contributed by atoms with Crippen LogP contribution in [0.1, 0.15) is 45.1 Å². The van der Waals surface area contributed by atoms with E-state index in [9.17, 15) is 4.79 Å². The van der Waals surface area contributed by atoms with Gasteiger partial charge in [-0.05, 0) is 36.2 Å². The zero-order chi connectivity index (χ0) is 14.4. The number of carbonyl (C=O) groups is 1. The second-order valence-corrected chi connectivity index (χ2v) is 6.52. The van der Waals surface area contributed by atoms with Gasteiger partial charge in [-0.25, -0.2) is 0 Å². The van der Waals surface area contributed by atoms with Gasteiger partial charge in [0.05, 0.1) is 6.61 Å². The Hall–Kier alpha value is -1.15. The third kappa shape index (κ3) is 3.69. The number of aldehydes is 1. The summed E-state index contributed by atoms with van der Waals surface area (Å²) >= 11 is 0. The predicted molar refractivity (Wildman–Crippen MR) is 81.4 cm³/mol. The Morgan fingerprint density at radius 1 is 1.25 bits per heavy atom. The lowest BCUT2D eigenvalue weighted by Gasteiger charge is -2.43. The quantitative estimate of drug-likeness (QED) is 0.573. The molecule has 1 saturated carbocycles. The van der Waals surface area contributed by atoms with Crippen LogP contribution in [0.2, 0.25) is 0 Å². The van der Waals surface area contributed by atoms with Crippen LogP contribution in [0.4, 0.5) is 0 Å². The maximum absolute atomic E-state index is 11.2. The average Bonchev–Trinajstić information content (AvgIpc) is 2.45. The van der Waals surface area contributed by atoms with Crippen LogP contribution < -0.4 is 0 Å². The van der Waals surface area contributed by atoms with Crippen molar-refractivity contribution in [3.8, 4) is 0 Å². The molecule has 2 heteroatoms. The fourth-order valence-electron chi connectivity index (χ4n) is 3.38. The van der Waals surface area contributed by atoms with Gasteiger partial charge in [-0.3, -0.25) is 0 Å². The highest BCUT2D eigenvalue weighted by atomic mass is 16.5. The molecular formula is C18H26O2. The number of rotatable bonds is 6. The van der Waals surface area contributed by atoms with Crippen LogP contribution in [-0.4, -0.2) is 12.9 Å². The Morgan fingerprint density at radius 3 is 2.70 bits per heavy atom. The van der Waals surface area contributed by atoms with Crippen LogP contribution in [0, 0.1) is 17.3 Å². The molecule has 0 bridgehead atoms. The largest absolute Gasteiger partial charge is 0.377 e. The van der Waals surface area contributed by atoms with Crippen LogP contribution in [0.3, 0.4) is 0 Å². The molecule has 1 fully saturated rings. The summed E-state index contributed by atoms with van der Waals surface area (Å²) < 4.78 is 5.80. The number of hydrogen-bond donors (Lipinski definition) is 0. The molecule has 1 aromatic rings. The Bertz CT molecular complexity index is 411. The Kier molecular flexibility index (Phi) is 5.36. The van der Waals surface area contributed by atoms with E-state index in [1.165, 1.54) is 18.4 Å². The molecule has 2 nitrogen and oxygen atoms in total. The summed E-state index contributed by atoms with van der Waals surface area (Å²) in [5, 5.41) is 0. The van der Waals surface area contributed by atoms with Crippen molar-refractivity contribution in [2.45, 2.75) is 46.1 Å². The first-order chi connectivity index (χ1) is 9.64. The van der Waals surface area contributed by atoms with Crippen molar-refractivity contribution >= 4 is 6.29 Å². The second-order valence-electron chi connectivity index (χ2n) is 6.52. The summed E-state index contributed by atoms with van der Waals surface area (Å²) in [5.41, 5.74) is 1.34. The summed E-state index contributed by atoms with van der Waals surface area (Å²) in [4.78, 5) is 11.2. The number of hydrogen-bond acceptors (Lipinski definition) is 2. The van der Waals surface area contributed by atoms with Gasteiger partial charge in [-0.2, -0.15) is 0 Å². The molecule has 0 heterocycles.